The van der Waals surface area contributed by atoms with E-state index in [2.05, 4.69) is 5.32 Å². The minimum Gasteiger partial charge on any atom is -0.482 e. The molecule has 0 fully saturated rings. The van der Waals surface area contributed by atoms with E-state index in [9.17, 15) is 14.0 Å². The van der Waals surface area contributed by atoms with Crippen LogP contribution in [-0.4, -0.2) is 24.6 Å². The highest BCUT2D eigenvalue weighted by Gasteiger charge is 2.18. The summed E-state index contributed by atoms with van der Waals surface area (Å²) in [5.41, 5.74) is 0.498. The van der Waals surface area contributed by atoms with Crippen molar-refractivity contribution in [2.45, 2.75) is 13.0 Å². The van der Waals surface area contributed by atoms with E-state index in [1.807, 2.05) is 0 Å². The lowest BCUT2D eigenvalue weighted by Crippen LogP contribution is -2.31. The van der Waals surface area contributed by atoms with Gasteiger partial charge in [0.15, 0.2) is 12.7 Å². The summed E-state index contributed by atoms with van der Waals surface area (Å²) in [5.74, 6) is -1.29. The quantitative estimate of drug-likeness (QED) is 0.810. The number of carbonyl (C=O) groups is 2. The highest BCUT2D eigenvalue weighted by molar-refractivity contribution is 6.30. The van der Waals surface area contributed by atoms with Crippen LogP contribution < -0.4 is 10.1 Å². The molecule has 0 heterocycles. The van der Waals surface area contributed by atoms with E-state index >= 15 is 0 Å². The maximum atomic E-state index is 12.8. The van der Waals surface area contributed by atoms with Crippen molar-refractivity contribution in [3.8, 4) is 5.75 Å². The van der Waals surface area contributed by atoms with E-state index in [1.165, 1.54) is 31.2 Å². The second-order valence-corrected chi connectivity index (χ2v) is 5.31. The summed E-state index contributed by atoms with van der Waals surface area (Å²) < 4.78 is 22.9. The Hall–Kier alpha value is -2.60. The molecule has 0 aliphatic rings. The summed E-state index contributed by atoms with van der Waals surface area (Å²) in [4.78, 5) is 23.6. The second-order valence-electron chi connectivity index (χ2n) is 4.87. The molecule has 5 nitrogen and oxygen atoms in total. The second kappa shape index (κ2) is 8.31. The fraction of sp³-hybridized carbons (Fsp3) is 0.176. The minimum absolute atomic E-state index is 0.324. The van der Waals surface area contributed by atoms with E-state index < -0.39 is 23.8 Å². The average Bonchev–Trinajstić information content (AvgIpc) is 2.54. The predicted octanol–water partition coefficient (Wildman–Crippen LogP) is 3.43. The Balaban J connectivity index is 1.80. The molecular weight excluding hydrogens is 337 g/mol. The first-order chi connectivity index (χ1) is 11.4. The number of anilines is 1. The SMILES string of the molecule is C[C@@H](OC(=O)COc1ccc(F)cc1)C(=O)Nc1cccc(Cl)c1. The van der Waals surface area contributed by atoms with Crippen LogP contribution >= 0.6 is 11.6 Å². The molecule has 24 heavy (non-hydrogen) atoms. The maximum Gasteiger partial charge on any atom is 0.344 e. The number of rotatable bonds is 6. The first-order valence-corrected chi connectivity index (χ1v) is 7.46. The summed E-state index contributed by atoms with van der Waals surface area (Å²) in [6.07, 6.45) is -1.01. The number of ether oxygens (including phenoxy) is 2. The van der Waals surface area contributed by atoms with Gasteiger partial charge in [0.25, 0.3) is 5.91 Å². The van der Waals surface area contributed by atoms with Crippen LogP contribution in [0.5, 0.6) is 5.75 Å². The van der Waals surface area contributed by atoms with Gasteiger partial charge in [-0.15, -0.1) is 0 Å². The Morgan fingerprint density at radius 2 is 1.92 bits per heavy atom. The number of nitrogens with one attached hydrogen (secondary N) is 1. The summed E-state index contributed by atoms with van der Waals surface area (Å²) in [5, 5.41) is 3.06. The molecule has 1 amide bonds. The van der Waals surface area contributed by atoms with Gasteiger partial charge in [0, 0.05) is 10.7 Å². The van der Waals surface area contributed by atoms with Crippen LogP contribution in [0, 0.1) is 5.82 Å². The Labute approximate surface area is 143 Å². The van der Waals surface area contributed by atoms with E-state index in [0.29, 0.717) is 16.5 Å². The molecule has 0 saturated heterocycles. The van der Waals surface area contributed by atoms with Gasteiger partial charge >= 0.3 is 5.97 Å². The molecular formula is C17H15ClFNO4. The predicted molar refractivity (Wildman–Crippen MR) is 87.5 cm³/mol. The van der Waals surface area contributed by atoms with Gasteiger partial charge in [-0.2, -0.15) is 0 Å². The molecule has 0 bridgehead atoms. The van der Waals surface area contributed by atoms with Crippen molar-refractivity contribution < 1.29 is 23.5 Å². The Morgan fingerprint density at radius 3 is 2.58 bits per heavy atom. The number of esters is 1. The van der Waals surface area contributed by atoms with Crippen LogP contribution in [-0.2, 0) is 14.3 Å². The first kappa shape index (κ1) is 17.7. The largest absolute Gasteiger partial charge is 0.482 e. The summed E-state index contributed by atoms with van der Waals surface area (Å²) >= 11 is 5.82. The number of benzene rings is 2. The van der Waals surface area contributed by atoms with Gasteiger partial charge in [0.05, 0.1) is 0 Å². The molecule has 0 unspecified atom stereocenters. The molecule has 0 aromatic heterocycles. The fourth-order valence-electron chi connectivity index (χ4n) is 1.77. The van der Waals surface area contributed by atoms with Gasteiger partial charge in [0.1, 0.15) is 11.6 Å². The van der Waals surface area contributed by atoms with Crippen molar-refractivity contribution in [2.75, 3.05) is 11.9 Å². The van der Waals surface area contributed by atoms with Gasteiger partial charge in [-0.05, 0) is 49.4 Å². The molecule has 7 heteroatoms. The smallest absolute Gasteiger partial charge is 0.344 e. The molecule has 0 saturated carbocycles. The molecule has 1 atom stereocenters. The summed E-state index contributed by atoms with van der Waals surface area (Å²) in [6.45, 7) is 1.05. The zero-order chi connectivity index (χ0) is 17.5. The lowest BCUT2D eigenvalue weighted by atomic mass is 10.3. The third kappa shape index (κ3) is 5.55. The maximum absolute atomic E-state index is 12.8. The number of halogens is 2. The number of hydrogen-bond donors (Lipinski definition) is 1. The highest BCUT2D eigenvalue weighted by Crippen LogP contribution is 2.15. The molecule has 0 radical (unpaired) electrons. The lowest BCUT2D eigenvalue weighted by molar-refractivity contribution is -0.155. The molecule has 1 N–H and O–H groups in total. The monoisotopic (exact) mass is 351 g/mol. The third-order valence-corrected chi connectivity index (χ3v) is 3.18. The average molecular weight is 352 g/mol. The van der Waals surface area contributed by atoms with E-state index in [4.69, 9.17) is 21.1 Å². The van der Waals surface area contributed by atoms with Gasteiger partial charge in [-0.1, -0.05) is 17.7 Å². The topological polar surface area (TPSA) is 64.6 Å². The van der Waals surface area contributed by atoms with Crippen LogP contribution in [0.25, 0.3) is 0 Å². The fourth-order valence-corrected chi connectivity index (χ4v) is 1.96. The molecule has 126 valence electrons. The molecule has 0 aliphatic carbocycles. The lowest BCUT2D eigenvalue weighted by Gasteiger charge is -2.14. The third-order valence-electron chi connectivity index (χ3n) is 2.94. The molecule has 0 aliphatic heterocycles. The minimum atomic E-state index is -1.01. The zero-order valence-corrected chi connectivity index (χ0v) is 13.5. The van der Waals surface area contributed by atoms with Crippen molar-refractivity contribution >= 4 is 29.2 Å². The van der Waals surface area contributed by atoms with Crippen LogP contribution in [0.2, 0.25) is 5.02 Å². The first-order valence-electron chi connectivity index (χ1n) is 7.08. The molecule has 2 rings (SSSR count). The van der Waals surface area contributed by atoms with Crippen LogP contribution in [0.3, 0.4) is 0 Å². The van der Waals surface area contributed by atoms with Crippen LogP contribution in [0.4, 0.5) is 10.1 Å². The number of hydrogen-bond acceptors (Lipinski definition) is 4. The standard InChI is InChI=1S/C17H15ClFNO4/c1-11(17(22)20-14-4-2-3-12(18)9-14)24-16(21)10-23-15-7-5-13(19)6-8-15/h2-9,11H,10H2,1H3,(H,20,22)/t11-/m1/s1. The van der Waals surface area contributed by atoms with Crippen LogP contribution in [0.1, 0.15) is 6.92 Å². The Morgan fingerprint density at radius 1 is 1.21 bits per heavy atom. The van der Waals surface area contributed by atoms with E-state index in [1.54, 1.807) is 24.3 Å². The van der Waals surface area contributed by atoms with Crippen LogP contribution in [0.15, 0.2) is 48.5 Å². The number of carbonyl (C=O) groups excluding carboxylic acids is 2. The van der Waals surface area contributed by atoms with E-state index in [-0.39, 0.29) is 6.61 Å². The highest BCUT2D eigenvalue weighted by atomic mass is 35.5. The molecule has 2 aromatic rings. The van der Waals surface area contributed by atoms with Gasteiger partial charge in [-0.3, -0.25) is 4.79 Å². The van der Waals surface area contributed by atoms with E-state index in [0.717, 1.165) is 0 Å². The van der Waals surface area contributed by atoms with Gasteiger partial charge in [-0.25, -0.2) is 9.18 Å². The summed E-state index contributed by atoms with van der Waals surface area (Å²) in [6, 6.07) is 11.8. The van der Waals surface area contributed by atoms with Crippen molar-refractivity contribution in [2.24, 2.45) is 0 Å². The normalized spacial score (nSPS) is 11.5. The van der Waals surface area contributed by atoms with Crippen molar-refractivity contribution in [3.05, 3.63) is 59.4 Å². The van der Waals surface area contributed by atoms with Crippen molar-refractivity contribution in [1.29, 1.82) is 0 Å². The molecule has 0 spiro atoms. The zero-order valence-electron chi connectivity index (χ0n) is 12.8. The Bertz CT molecular complexity index is 721. The van der Waals surface area contributed by atoms with Crippen molar-refractivity contribution in [3.63, 3.8) is 0 Å². The van der Waals surface area contributed by atoms with Gasteiger partial charge < -0.3 is 14.8 Å². The van der Waals surface area contributed by atoms with Gasteiger partial charge in [0.2, 0.25) is 0 Å². The van der Waals surface area contributed by atoms with Crippen molar-refractivity contribution in [1.82, 2.24) is 0 Å². The molecule has 2 aromatic carbocycles. The Kier molecular flexibility index (Phi) is 6.14. The summed E-state index contributed by atoms with van der Waals surface area (Å²) in [7, 11) is 0. The number of amides is 1.